The van der Waals surface area contributed by atoms with Crippen LogP contribution in [0.4, 0.5) is 5.69 Å². The Labute approximate surface area is 166 Å². The average Bonchev–Trinajstić information content (AvgIpc) is 2.60. The van der Waals surface area contributed by atoms with Gasteiger partial charge in [-0.3, -0.25) is 9.59 Å². The fourth-order valence-electron chi connectivity index (χ4n) is 2.65. The van der Waals surface area contributed by atoms with Crippen molar-refractivity contribution in [2.45, 2.75) is 32.9 Å². The van der Waals surface area contributed by atoms with Gasteiger partial charge in [0.15, 0.2) is 13.1 Å². The maximum absolute atomic E-state index is 12.2. The highest BCUT2D eigenvalue weighted by Gasteiger charge is 2.18. The molecule has 0 aliphatic carbocycles. The second-order valence-corrected chi connectivity index (χ2v) is 7.96. The normalized spacial score (nSPS) is 12.1. The molecule has 1 unspecified atom stereocenters. The number of ether oxygens (including phenoxy) is 1. The molecule has 2 rings (SSSR count). The van der Waals surface area contributed by atoms with Gasteiger partial charge in [-0.05, 0) is 50.6 Å². The molecule has 150 valence electrons. The summed E-state index contributed by atoms with van der Waals surface area (Å²) >= 11 is 0. The Morgan fingerprint density at radius 1 is 0.929 bits per heavy atom. The lowest BCUT2D eigenvalue weighted by Crippen LogP contribution is -3.11. The lowest BCUT2D eigenvalue weighted by atomic mass is 10.1. The fraction of sp³-hybridized carbons (Fsp3) is 0.364. The van der Waals surface area contributed by atoms with E-state index >= 15 is 0 Å². The van der Waals surface area contributed by atoms with Crippen molar-refractivity contribution in [2.24, 2.45) is 0 Å². The van der Waals surface area contributed by atoms with E-state index in [1.165, 1.54) is 0 Å². The van der Waals surface area contributed by atoms with Gasteiger partial charge in [0, 0.05) is 11.2 Å². The zero-order chi connectivity index (χ0) is 20.6. The molecule has 0 bridgehead atoms. The highest BCUT2D eigenvalue weighted by molar-refractivity contribution is 5.91. The van der Waals surface area contributed by atoms with Crippen LogP contribution in [-0.4, -0.2) is 37.5 Å². The third-order valence-corrected chi connectivity index (χ3v) is 3.83. The zero-order valence-corrected chi connectivity index (χ0v) is 17.0. The molecule has 0 heterocycles. The summed E-state index contributed by atoms with van der Waals surface area (Å²) in [5.41, 5.74) is 1.52. The van der Waals surface area contributed by atoms with Crippen LogP contribution in [0.5, 0.6) is 5.75 Å². The Kier molecular flexibility index (Phi) is 7.58. The van der Waals surface area contributed by atoms with Crippen LogP contribution in [-0.2, 0) is 16.2 Å². The van der Waals surface area contributed by atoms with Crippen LogP contribution in [0.2, 0.25) is 0 Å². The number of rotatable bonds is 8. The fourth-order valence-corrected chi connectivity index (χ4v) is 2.65. The van der Waals surface area contributed by atoms with E-state index in [-0.39, 0.29) is 30.4 Å². The molecule has 6 nitrogen and oxygen atoms in total. The average molecular weight is 385 g/mol. The number of likely N-dealkylation sites (N-methyl/N-ethyl adjacent to an activating group) is 1. The minimum absolute atomic E-state index is 0.0716. The minimum atomic E-state index is -0.274. The summed E-state index contributed by atoms with van der Waals surface area (Å²) in [4.78, 5) is 24.9. The van der Waals surface area contributed by atoms with E-state index < -0.39 is 0 Å². The zero-order valence-electron chi connectivity index (χ0n) is 17.0. The largest absolute Gasteiger partial charge is 0.489 e. The molecule has 0 saturated heterocycles. The summed E-state index contributed by atoms with van der Waals surface area (Å²) in [7, 11) is 1.82. The van der Waals surface area contributed by atoms with Crippen molar-refractivity contribution in [3.63, 3.8) is 0 Å². The second kappa shape index (κ2) is 9.90. The Morgan fingerprint density at radius 2 is 1.54 bits per heavy atom. The molecule has 28 heavy (non-hydrogen) atoms. The molecule has 2 amide bonds. The predicted molar refractivity (Wildman–Crippen MR) is 110 cm³/mol. The Bertz CT molecular complexity index is 768. The maximum atomic E-state index is 12.2. The van der Waals surface area contributed by atoms with Crippen molar-refractivity contribution < 1.29 is 19.2 Å². The number of amides is 2. The van der Waals surface area contributed by atoms with Crippen LogP contribution in [0.3, 0.4) is 0 Å². The molecule has 3 N–H and O–H groups in total. The van der Waals surface area contributed by atoms with Crippen molar-refractivity contribution in [3.05, 3.63) is 60.2 Å². The first kappa shape index (κ1) is 21.4. The highest BCUT2D eigenvalue weighted by atomic mass is 16.5. The van der Waals surface area contributed by atoms with Gasteiger partial charge in [0.1, 0.15) is 12.4 Å². The van der Waals surface area contributed by atoms with Gasteiger partial charge < -0.3 is 20.3 Å². The number of anilines is 1. The smallest absolute Gasteiger partial charge is 0.279 e. The summed E-state index contributed by atoms with van der Waals surface area (Å²) in [6.07, 6.45) is 0. The SMILES string of the molecule is C[NH+](CC(=O)Nc1ccc(OCc2ccccc2)cc1)CC(=O)NC(C)(C)C. The third-order valence-electron chi connectivity index (χ3n) is 3.83. The Balaban J connectivity index is 1.76. The standard InChI is InChI=1S/C22H29N3O3/c1-22(2,3)24-21(27)15-25(4)14-20(26)23-18-10-12-19(13-11-18)28-16-17-8-6-5-7-9-17/h5-13H,14-16H2,1-4H3,(H,23,26)(H,24,27)/p+1. The number of carbonyl (C=O) groups is 2. The van der Waals surface area contributed by atoms with E-state index in [0.29, 0.717) is 12.3 Å². The van der Waals surface area contributed by atoms with Crippen LogP contribution in [0.25, 0.3) is 0 Å². The van der Waals surface area contributed by atoms with E-state index in [1.54, 1.807) is 12.1 Å². The van der Waals surface area contributed by atoms with Gasteiger partial charge in [-0.15, -0.1) is 0 Å². The van der Waals surface area contributed by atoms with Gasteiger partial charge >= 0.3 is 0 Å². The molecule has 2 aromatic carbocycles. The van der Waals surface area contributed by atoms with E-state index in [1.807, 2.05) is 70.3 Å². The first-order chi connectivity index (χ1) is 13.2. The van der Waals surface area contributed by atoms with E-state index in [0.717, 1.165) is 16.2 Å². The number of nitrogens with one attached hydrogen (secondary N) is 3. The van der Waals surface area contributed by atoms with Crippen molar-refractivity contribution >= 4 is 17.5 Å². The molecular formula is C22H30N3O3+. The number of hydrogen-bond acceptors (Lipinski definition) is 3. The van der Waals surface area contributed by atoms with Crippen molar-refractivity contribution in [3.8, 4) is 5.75 Å². The summed E-state index contributed by atoms with van der Waals surface area (Å²) < 4.78 is 5.74. The summed E-state index contributed by atoms with van der Waals surface area (Å²) in [6, 6.07) is 17.2. The van der Waals surface area contributed by atoms with Gasteiger partial charge in [0.25, 0.3) is 11.8 Å². The first-order valence-corrected chi connectivity index (χ1v) is 9.40. The minimum Gasteiger partial charge on any atom is -0.489 e. The molecule has 0 aliphatic rings. The van der Waals surface area contributed by atoms with Gasteiger partial charge in [0.2, 0.25) is 0 Å². The predicted octanol–water partition coefficient (Wildman–Crippen LogP) is 1.63. The molecule has 0 radical (unpaired) electrons. The molecular weight excluding hydrogens is 354 g/mol. The number of hydrogen-bond donors (Lipinski definition) is 3. The number of carbonyl (C=O) groups excluding carboxylic acids is 2. The van der Waals surface area contributed by atoms with Crippen LogP contribution in [0.15, 0.2) is 54.6 Å². The molecule has 0 saturated carbocycles. The van der Waals surface area contributed by atoms with Crippen LogP contribution in [0, 0.1) is 0 Å². The quantitative estimate of drug-likeness (QED) is 0.648. The highest BCUT2D eigenvalue weighted by Crippen LogP contribution is 2.17. The monoisotopic (exact) mass is 384 g/mol. The lowest BCUT2D eigenvalue weighted by molar-refractivity contribution is -0.862. The summed E-state index contributed by atoms with van der Waals surface area (Å²) in [6.45, 7) is 6.75. The summed E-state index contributed by atoms with van der Waals surface area (Å²) in [5.74, 6) is 0.528. The van der Waals surface area contributed by atoms with Crippen molar-refractivity contribution in [1.82, 2.24) is 5.32 Å². The molecule has 0 fully saturated rings. The van der Waals surface area contributed by atoms with E-state index in [2.05, 4.69) is 10.6 Å². The van der Waals surface area contributed by atoms with Crippen molar-refractivity contribution in [1.29, 1.82) is 0 Å². The topological polar surface area (TPSA) is 71.9 Å². The molecule has 0 aliphatic heterocycles. The molecule has 2 aromatic rings. The van der Waals surface area contributed by atoms with Gasteiger partial charge in [0.05, 0.1) is 7.05 Å². The molecule has 0 spiro atoms. The summed E-state index contributed by atoms with van der Waals surface area (Å²) in [5, 5.41) is 5.75. The van der Waals surface area contributed by atoms with Crippen molar-refractivity contribution in [2.75, 3.05) is 25.5 Å². The van der Waals surface area contributed by atoms with Gasteiger partial charge in [-0.1, -0.05) is 30.3 Å². The van der Waals surface area contributed by atoms with E-state index in [4.69, 9.17) is 4.74 Å². The van der Waals surface area contributed by atoms with Gasteiger partial charge in [-0.2, -0.15) is 0 Å². The van der Waals surface area contributed by atoms with Gasteiger partial charge in [-0.25, -0.2) is 0 Å². The van der Waals surface area contributed by atoms with Crippen LogP contribution >= 0.6 is 0 Å². The second-order valence-electron chi connectivity index (χ2n) is 7.96. The van der Waals surface area contributed by atoms with Crippen LogP contribution < -0.4 is 20.3 Å². The third kappa shape index (κ3) is 8.22. The number of benzene rings is 2. The molecule has 1 atom stereocenters. The molecule has 0 aromatic heterocycles. The van der Waals surface area contributed by atoms with E-state index in [9.17, 15) is 9.59 Å². The number of quaternary nitrogens is 1. The Hall–Kier alpha value is -2.86. The first-order valence-electron chi connectivity index (χ1n) is 9.40. The molecule has 6 heteroatoms. The van der Waals surface area contributed by atoms with Crippen LogP contribution in [0.1, 0.15) is 26.3 Å². The lowest BCUT2D eigenvalue weighted by Gasteiger charge is -2.21. The maximum Gasteiger partial charge on any atom is 0.279 e. The Morgan fingerprint density at radius 3 is 2.14 bits per heavy atom.